The van der Waals surface area contributed by atoms with Gasteiger partial charge in [-0.25, -0.2) is 9.37 Å². The Hall–Kier alpha value is -2.74. The molecule has 0 unspecified atom stereocenters. The van der Waals surface area contributed by atoms with Crippen molar-refractivity contribution < 1.29 is 13.9 Å². The van der Waals surface area contributed by atoms with Crippen LogP contribution in [-0.2, 0) is 13.2 Å². The molecule has 0 saturated carbocycles. The smallest absolute Gasteiger partial charge is 0.274 e. The fraction of sp³-hybridized carbons (Fsp3) is 0.235. The van der Waals surface area contributed by atoms with Gasteiger partial charge in [-0.05, 0) is 25.1 Å². The van der Waals surface area contributed by atoms with Crippen molar-refractivity contribution in [1.82, 2.24) is 20.1 Å². The zero-order valence-electron chi connectivity index (χ0n) is 13.8. The molecule has 3 aromatic rings. The predicted molar refractivity (Wildman–Crippen MR) is 92.0 cm³/mol. The Kier molecular flexibility index (Phi) is 5.08. The molecular formula is C17H17FN4O2S. The van der Waals surface area contributed by atoms with Crippen molar-refractivity contribution >= 4 is 17.2 Å². The molecule has 1 N–H and O–H groups in total. The van der Waals surface area contributed by atoms with Crippen LogP contribution in [0.25, 0.3) is 0 Å². The zero-order chi connectivity index (χ0) is 17.8. The van der Waals surface area contributed by atoms with E-state index >= 15 is 0 Å². The number of H-pyrrole nitrogens is 1. The minimum absolute atomic E-state index is 0.166. The number of halogens is 1. The molecule has 0 spiro atoms. The summed E-state index contributed by atoms with van der Waals surface area (Å²) in [5.74, 6) is -0.156. The van der Waals surface area contributed by atoms with Gasteiger partial charge < -0.3 is 9.64 Å². The van der Waals surface area contributed by atoms with Crippen molar-refractivity contribution in [3.63, 3.8) is 0 Å². The molecule has 0 fully saturated rings. The monoisotopic (exact) mass is 360 g/mol. The number of hydrogen-bond acceptors (Lipinski definition) is 5. The lowest BCUT2D eigenvalue weighted by Gasteiger charge is -2.13. The average molecular weight is 360 g/mol. The molecule has 0 aliphatic rings. The first-order valence-electron chi connectivity index (χ1n) is 7.60. The molecule has 1 aromatic carbocycles. The normalized spacial score (nSPS) is 10.7. The maximum absolute atomic E-state index is 13.1. The average Bonchev–Trinajstić information content (AvgIpc) is 3.21. The molecule has 0 aliphatic carbocycles. The molecule has 0 aliphatic heterocycles. The Labute approximate surface area is 148 Å². The van der Waals surface area contributed by atoms with Crippen molar-refractivity contribution in [2.45, 2.75) is 20.1 Å². The fourth-order valence-corrected chi connectivity index (χ4v) is 3.03. The minimum atomic E-state index is -0.364. The van der Waals surface area contributed by atoms with E-state index in [9.17, 15) is 9.18 Å². The number of aromatic amines is 1. The number of aromatic nitrogens is 3. The molecule has 25 heavy (non-hydrogen) atoms. The van der Waals surface area contributed by atoms with Gasteiger partial charge in [0.2, 0.25) is 0 Å². The number of ether oxygens (including phenoxy) is 1. The minimum Gasteiger partial charge on any atom is -0.487 e. The first-order chi connectivity index (χ1) is 12.0. The second-order valence-corrected chi connectivity index (χ2v) is 6.51. The van der Waals surface area contributed by atoms with Crippen LogP contribution in [0.3, 0.4) is 0 Å². The number of aryl methyl sites for hydroxylation is 1. The van der Waals surface area contributed by atoms with E-state index in [1.165, 1.54) is 23.5 Å². The number of nitrogens with zero attached hydrogens (tertiary/aromatic N) is 3. The molecular weight excluding hydrogens is 343 g/mol. The Balaban J connectivity index is 1.59. The lowest BCUT2D eigenvalue weighted by Crippen LogP contribution is -2.26. The van der Waals surface area contributed by atoms with Gasteiger partial charge in [-0.2, -0.15) is 5.10 Å². The molecule has 0 saturated heterocycles. The van der Waals surface area contributed by atoms with Crippen LogP contribution in [-0.4, -0.2) is 33.0 Å². The molecule has 1 amide bonds. The highest BCUT2D eigenvalue weighted by molar-refractivity contribution is 7.09. The van der Waals surface area contributed by atoms with Gasteiger partial charge in [-0.15, -0.1) is 11.3 Å². The van der Waals surface area contributed by atoms with Crippen molar-refractivity contribution in [3.8, 4) is 5.75 Å². The molecule has 6 nitrogen and oxygen atoms in total. The molecule has 8 heteroatoms. The van der Waals surface area contributed by atoms with Gasteiger partial charge in [0.1, 0.15) is 23.2 Å². The van der Waals surface area contributed by atoms with Crippen LogP contribution in [0, 0.1) is 12.7 Å². The summed E-state index contributed by atoms with van der Waals surface area (Å²) in [4.78, 5) is 18.3. The number of nitrogens with one attached hydrogen (secondary N) is 1. The number of thiazole rings is 1. The van der Waals surface area contributed by atoms with Crippen LogP contribution in [0.1, 0.15) is 26.9 Å². The van der Waals surface area contributed by atoms with E-state index in [1.54, 1.807) is 30.1 Å². The topological polar surface area (TPSA) is 71.1 Å². The van der Waals surface area contributed by atoms with Crippen molar-refractivity contribution in [2.24, 2.45) is 0 Å². The molecule has 0 atom stereocenters. The van der Waals surface area contributed by atoms with Gasteiger partial charge in [0.05, 0.1) is 12.2 Å². The summed E-state index contributed by atoms with van der Waals surface area (Å²) in [5.41, 5.74) is 1.87. The molecule has 0 bridgehead atoms. The van der Waals surface area contributed by atoms with E-state index < -0.39 is 0 Å². The standard InChI is InChI=1S/C17H17FN4O2S/c1-11-10-25-16(19-11)8-22(2)17(23)15-7-13(20-21-15)9-24-14-5-3-4-12(18)6-14/h3-7,10H,8-9H2,1-2H3,(H,20,21). The van der Waals surface area contributed by atoms with Crippen LogP contribution in [0.4, 0.5) is 4.39 Å². The largest absolute Gasteiger partial charge is 0.487 e. The Morgan fingerprint density at radius 1 is 1.40 bits per heavy atom. The predicted octanol–water partition coefficient (Wildman–Crippen LogP) is 3.16. The number of carbonyl (C=O) groups is 1. The lowest BCUT2D eigenvalue weighted by molar-refractivity contribution is 0.0779. The Morgan fingerprint density at radius 3 is 2.96 bits per heavy atom. The van der Waals surface area contributed by atoms with Crippen LogP contribution >= 0.6 is 11.3 Å². The number of benzene rings is 1. The summed E-state index contributed by atoms with van der Waals surface area (Å²) < 4.78 is 18.6. The van der Waals surface area contributed by atoms with Crippen molar-refractivity contribution in [1.29, 1.82) is 0 Å². The van der Waals surface area contributed by atoms with E-state index in [2.05, 4.69) is 15.2 Å². The van der Waals surface area contributed by atoms with Gasteiger partial charge in [0.25, 0.3) is 5.91 Å². The maximum Gasteiger partial charge on any atom is 0.274 e. The molecule has 0 radical (unpaired) electrons. The highest BCUT2D eigenvalue weighted by Gasteiger charge is 2.17. The molecule has 130 valence electrons. The highest BCUT2D eigenvalue weighted by Crippen LogP contribution is 2.15. The van der Waals surface area contributed by atoms with Gasteiger partial charge in [-0.1, -0.05) is 6.07 Å². The number of carbonyl (C=O) groups excluding carboxylic acids is 1. The third-order valence-electron chi connectivity index (χ3n) is 3.43. The van der Waals surface area contributed by atoms with Gasteiger partial charge in [-0.3, -0.25) is 9.89 Å². The van der Waals surface area contributed by atoms with E-state index in [4.69, 9.17) is 4.74 Å². The SMILES string of the molecule is Cc1csc(CN(C)C(=O)c2cc(COc3cccc(F)c3)[nH]n2)n1. The maximum atomic E-state index is 13.1. The second-order valence-electron chi connectivity index (χ2n) is 5.57. The molecule has 2 aromatic heterocycles. The quantitative estimate of drug-likeness (QED) is 0.733. The second kappa shape index (κ2) is 7.43. The number of rotatable bonds is 6. The number of hydrogen-bond donors (Lipinski definition) is 1. The van der Waals surface area contributed by atoms with Gasteiger partial charge in [0.15, 0.2) is 5.69 Å². The molecule has 2 heterocycles. The third kappa shape index (κ3) is 4.42. The van der Waals surface area contributed by atoms with E-state index in [0.717, 1.165) is 10.7 Å². The number of amides is 1. The van der Waals surface area contributed by atoms with E-state index in [-0.39, 0.29) is 18.3 Å². The van der Waals surface area contributed by atoms with Crippen LogP contribution in [0.5, 0.6) is 5.75 Å². The first-order valence-corrected chi connectivity index (χ1v) is 8.48. The zero-order valence-corrected chi connectivity index (χ0v) is 14.6. The fourth-order valence-electron chi connectivity index (χ4n) is 2.21. The summed E-state index contributed by atoms with van der Waals surface area (Å²) in [6.45, 7) is 2.51. The third-order valence-corrected chi connectivity index (χ3v) is 4.38. The highest BCUT2D eigenvalue weighted by atomic mass is 32.1. The Morgan fingerprint density at radius 2 is 2.24 bits per heavy atom. The Bertz CT molecular complexity index is 877. The van der Waals surface area contributed by atoms with Crippen LogP contribution in [0.2, 0.25) is 0 Å². The van der Waals surface area contributed by atoms with Crippen LogP contribution in [0.15, 0.2) is 35.7 Å². The van der Waals surface area contributed by atoms with Gasteiger partial charge in [0, 0.05) is 24.2 Å². The summed E-state index contributed by atoms with van der Waals surface area (Å²) in [5, 5.41) is 9.61. The summed E-state index contributed by atoms with van der Waals surface area (Å²) in [6, 6.07) is 7.51. The summed E-state index contributed by atoms with van der Waals surface area (Å²) >= 11 is 1.52. The van der Waals surface area contributed by atoms with Crippen LogP contribution < -0.4 is 4.74 Å². The summed E-state index contributed by atoms with van der Waals surface area (Å²) in [7, 11) is 1.71. The first kappa shape index (κ1) is 17.1. The summed E-state index contributed by atoms with van der Waals surface area (Å²) in [6.07, 6.45) is 0. The van der Waals surface area contributed by atoms with Gasteiger partial charge >= 0.3 is 0 Å². The lowest BCUT2D eigenvalue weighted by atomic mass is 10.3. The van der Waals surface area contributed by atoms with E-state index in [1.807, 2.05) is 12.3 Å². The van der Waals surface area contributed by atoms with Crippen molar-refractivity contribution in [3.05, 3.63) is 63.6 Å². The van der Waals surface area contributed by atoms with Crippen molar-refractivity contribution in [2.75, 3.05) is 7.05 Å². The van der Waals surface area contributed by atoms with E-state index in [0.29, 0.717) is 23.7 Å². The molecule has 3 rings (SSSR count).